The van der Waals surface area contributed by atoms with Crippen LogP contribution in [0.5, 0.6) is 0 Å². The summed E-state index contributed by atoms with van der Waals surface area (Å²) in [5, 5.41) is 15.6. The Morgan fingerprint density at radius 2 is 1.10 bits per heavy atom. The Morgan fingerprint density at radius 3 is 1.55 bits per heavy atom. The number of hydrogen-bond donors (Lipinski definition) is 1. The lowest BCUT2D eigenvalue weighted by Gasteiger charge is -2.37. The summed E-state index contributed by atoms with van der Waals surface area (Å²) in [4.78, 5) is 0. The van der Waals surface area contributed by atoms with E-state index in [1.807, 2.05) is 18.2 Å². The van der Waals surface area contributed by atoms with Crippen molar-refractivity contribution in [2.75, 3.05) is 13.1 Å². The normalized spacial score (nSPS) is 12.6. The van der Waals surface area contributed by atoms with E-state index >= 15 is 0 Å². The van der Waals surface area contributed by atoms with Crippen LogP contribution in [0.1, 0.15) is 37.0 Å². The molecule has 3 nitrogen and oxygen atoms in total. The van der Waals surface area contributed by atoms with E-state index in [0.717, 1.165) is 32.6 Å². The van der Waals surface area contributed by atoms with Crippen LogP contribution in [-0.4, -0.2) is 34.3 Å². The van der Waals surface area contributed by atoms with E-state index in [9.17, 15) is 5.11 Å². The molecule has 1 N–H and O–H groups in total. The highest BCUT2D eigenvalue weighted by atomic mass is 16.3. The Hall–Kier alpha value is -2.46. The highest BCUT2D eigenvalue weighted by Crippen LogP contribution is 2.16. The molecule has 0 spiro atoms. The molecule has 0 radical (unpaired) electrons. The second kappa shape index (κ2) is 12.4. The molecular weight excluding hydrogens is 380 g/mol. The molecule has 3 aromatic rings. The second-order valence-corrected chi connectivity index (χ2v) is 8.73. The van der Waals surface area contributed by atoms with Crippen molar-refractivity contribution < 1.29 is 5.11 Å². The maximum absolute atomic E-state index is 10.7. The van der Waals surface area contributed by atoms with Crippen LogP contribution >= 0.6 is 0 Å². The smallest absolute Gasteiger partial charge is 0.0593 e. The van der Waals surface area contributed by atoms with Crippen molar-refractivity contribution in [2.45, 2.75) is 45.9 Å². The van der Waals surface area contributed by atoms with Gasteiger partial charge >= 0.3 is 0 Å². The minimum absolute atomic E-state index is 0.340. The van der Waals surface area contributed by atoms with Crippen LogP contribution in [-0.2, 0) is 19.5 Å². The first kappa shape index (κ1) is 23.2. The molecular formula is C28H36N2O. The van der Waals surface area contributed by atoms with Gasteiger partial charge in [-0.25, -0.2) is 10.0 Å². The maximum Gasteiger partial charge on any atom is 0.0593 e. The lowest BCUT2D eigenvalue weighted by molar-refractivity contribution is -0.0570. The predicted octanol–water partition coefficient (Wildman–Crippen LogP) is 5.56. The van der Waals surface area contributed by atoms with Gasteiger partial charge in [0.2, 0.25) is 0 Å². The first-order chi connectivity index (χ1) is 15.1. The summed E-state index contributed by atoms with van der Waals surface area (Å²) in [6, 6.07) is 31.6. The third-order valence-electron chi connectivity index (χ3n) is 5.43. The van der Waals surface area contributed by atoms with Crippen molar-refractivity contribution in [3.8, 4) is 0 Å². The zero-order valence-electron chi connectivity index (χ0n) is 18.9. The molecule has 31 heavy (non-hydrogen) atoms. The average molecular weight is 417 g/mol. The van der Waals surface area contributed by atoms with Gasteiger partial charge in [-0.05, 0) is 35.4 Å². The number of hydrogen-bond acceptors (Lipinski definition) is 3. The number of nitrogens with zero attached hydrogens (tertiary/aromatic N) is 2. The number of hydrazine groups is 1. The van der Waals surface area contributed by atoms with E-state index in [1.165, 1.54) is 16.7 Å². The molecule has 3 rings (SSSR count). The van der Waals surface area contributed by atoms with Crippen LogP contribution in [0.15, 0.2) is 91.0 Å². The van der Waals surface area contributed by atoms with Crippen LogP contribution in [0.4, 0.5) is 0 Å². The van der Waals surface area contributed by atoms with Crippen LogP contribution < -0.4 is 0 Å². The predicted molar refractivity (Wildman–Crippen MR) is 129 cm³/mol. The van der Waals surface area contributed by atoms with Gasteiger partial charge in [-0.15, -0.1) is 0 Å². The van der Waals surface area contributed by atoms with Crippen molar-refractivity contribution in [3.05, 3.63) is 108 Å². The fourth-order valence-electron chi connectivity index (χ4n) is 3.90. The van der Waals surface area contributed by atoms with Gasteiger partial charge in [0.15, 0.2) is 0 Å². The molecule has 0 aliphatic carbocycles. The summed E-state index contributed by atoms with van der Waals surface area (Å²) in [7, 11) is 0. The Labute approximate surface area is 187 Å². The molecule has 0 unspecified atom stereocenters. The van der Waals surface area contributed by atoms with Gasteiger partial charge in [-0.3, -0.25) is 0 Å². The van der Waals surface area contributed by atoms with Gasteiger partial charge in [-0.1, -0.05) is 105 Å². The zero-order valence-corrected chi connectivity index (χ0v) is 18.9. The average Bonchev–Trinajstić information content (AvgIpc) is 2.78. The van der Waals surface area contributed by atoms with E-state index < -0.39 is 0 Å². The van der Waals surface area contributed by atoms with Gasteiger partial charge in [0.1, 0.15) is 0 Å². The quantitative estimate of drug-likeness (QED) is 0.392. The third-order valence-corrected chi connectivity index (χ3v) is 5.43. The highest BCUT2D eigenvalue weighted by Gasteiger charge is 2.19. The summed E-state index contributed by atoms with van der Waals surface area (Å²) in [6.07, 6.45) is 1.11. The Morgan fingerprint density at radius 1 is 0.645 bits per heavy atom. The Balaban J connectivity index is 1.71. The van der Waals surface area contributed by atoms with Crippen LogP contribution in [0.25, 0.3) is 0 Å². The number of benzene rings is 3. The molecule has 0 aliphatic rings. The number of aliphatic hydroxyl groups is 1. The molecule has 0 amide bonds. The van der Waals surface area contributed by atoms with Gasteiger partial charge in [0.05, 0.1) is 6.10 Å². The van der Waals surface area contributed by atoms with Crippen molar-refractivity contribution in [2.24, 2.45) is 5.92 Å². The van der Waals surface area contributed by atoms with Gasteiger partial charge in [0.25, 0.3) is 0 Å². The molecule has 0 aliphatic heterocycles. The first-order valence-corrected chi connectivity index (χ1v) is 11.4. The molecule has 3 heteroatoms. The molecule has 3 aromatic carbocycles. The minimum Gasteiger partial charge on any atom is -0.393 e. The monoisotopic (exact) mass is 416 g/mol. The highest BCUT2D eigenvalue weighted by molar-refractivity contribution is 5.17. The topological polar surface area (TPSA) is 26.7 Å². The van der Waals surface area contributed by atoms with Crippen molar-refractivity contribution in [1.29, 1.82) is 0 Å². The molecule has 0 saturated heterocycles. The molecule has 164 valence electrons. The molecule has 0 bridgehead atoms. The Bertz CT molecular complexity index is 810. The van der Waals surface area contributed by atoms with E-state index in [0.29, 0.717) is 12.3 Å². The van der Waals surface area contributed by atoms with E-state index in [4.69, 9.17) is 0 Å². The largest absolute Gasteiger partial charge is 0.393 e. The van der Waals surface area contributed by atoms with Gasteiger partial charge < -0.3 is 5.11 Å². The maximum atomic E-state index is 10.7. The number of rotatable bonds is 12. The van der Waals surface area contributed by atoms with E-state index in [2.05, 4.69) is 96.7 Å². The van der Waals surface area contributed by atoms with Crippen molar-refractivity contribution in [1.82, 2.24) is 10.0 Å². The minimum atomic E-state index is -0.340. The van der Waals surface area contributed by atoms with Crippen LogP contribution in [0.2, 0.25) is 0 Å². The molecule has 1 atom stereocenters. The Kier molecular flexibility index (Phi) is 9.29. The summed E-state index contributed by atoms with van der Waals surface area (Å²) in [6.45, 7) is 8.05. The summed E-state index contributed by atoms with van der Waals surface area (Å²) in [5.74, 6) is 0.542. The van der Waals surface area contributed by atoms with Gasteiger partial charge in [-0.2, -0.15) is 0 Å². The second-order valence-electron chi connectivity index (χ2n) is 8.73. The van der Waals surface area contributed by atoms with Crippen molar-refractivity contribution >= 4 is 0 Å². The summed E-state index contributed by atoms with van der Waals surface area (Å²) in [5.41, 5.74) is 3.80. The zero-order chi connectivity index (χ0) is 21.9. The SMILES string of the molecule is CC(C)CN(CC[C@@H](O)Cc1ccccc1)N(Cc1ccccc1)Cc1ccccc1. The van der Waals surface area contributed by atoms with E-state index in [-0.39, 0.29) is 6.10 Å². The third kappa shape index (κ3) is 8.29. The molecule has 0 aromatic heterocycles. The molecule has 0 saturated carbocycles. The lowest BCUT2D eigenvalue weighted by Crippen LogP contribution is -2.45. The van der Waals surface area contributed by atoms with Gasteiger partial charge in [0, 0.05) is 26.2 Å². The standard InChI is InChI=1S/C28H36N2O/c1-24(2)21-29(19-18-28(31)20-25-12-6-3-7-13-25)30(22-26-14-8-4-9-15-26)23-27-16-10-5-11-17-27/h3-17,24,28,31H,18-23H2,1-2H3/t28-/m1/s1. The molecule has 0 fully saturated rings. The summed E-state index contributed by atoms with van der Waals surface area (Å²) >= 11 is 0. The lowest BCUT2D eigenvalue weighted by atomic mass is 10.1. The first-order valence-electron chi connectivity index (χ1n) is 11.4. The van der Waals surface area contributed by atoms with Crippen LogP contribution in [0, 0.1) is 5.92 Å². The fourth-order valence-corrected chi connectivity index (χ4v) is 3.90. The molecule has 0 heterocycles. The van der Waals surface area contributed by atoms with E-state index in [1.54, 1.807) is 0 Å². The van der Waals surface area contributed by atoms with Crippen molar-refractivity contribution in [3.63, 3.8) is 0 Å². The fraction of sp³-hybridized carbons (Fsp3) is 0.357. The summed E-state index contributed by atoms with van der Waals surface area (Å²) < 4.78 is 0. The van der Waals surface area contributed by atoms with Crippen LogP contribution in [0.3, 0.4) is 0 Å². The number of aliphatic hydroxyl groups excluding tert-OH is 1.